The Morgan fingerprint density at radius 1 is 1.26 bits per heavy atom. The van der Waals surface area contributed by atoms with Gasteiger partial charge in [-0.15, -0.1) is 0 Å². The summed E-state index contributed by atoms with van der Waals surface area (Å²) in [6, 6.07) is 0. The third kappa shape index (κ3) is 3.76. The van der Waals surface area contributed by atoms with Crippen LogP contribution in [0.25, 0.3) is 0 Å². The zero-order valence-corrected chi connectivity index (χ0v) is 11.4. The van der Waals surface area contributed by atoms with Gasteiger partial charge in [-0.2, -0.15) is 0 Å². The summed E-state index contributed by atoms with van der Waals surface area (Å²) >= 11 is 0. The Kier molecular flexibility index (Phi) is 4.93. The highest BCUT2D eigenvalue weighted by Gasteiger charge is 2.43. The number of hydrogen-bond donors (Lipinski definition) is 0. The van der Waals surface area contributed by atoms with E-state index < -0.39 is 5.79 Å². The molecule has 5 heteroatoms. The molecule has 2 aliphatic rings. The van der Waals surface area contributed by atoms with Gasteiger partial charge in [-0.25, -0.2) is 0 Å². The predicted molar refractivity (Wildman–Crippen MR) is 67.5 cm³/mol. The molecule has 0 bridgehead atoms. The molecule has 108 valence electrons. The van der Waals surface area contributed by atoms with E-state index in [1.165, 1.54) is 13.5 Å². The summed E-state index contributed by atoms with van der Waals surface area (Å²) in [5.74, 6) is -0.856. The lowest BCUT2D eigenvalue weighted by Crippen LogP contribution is -2.50. The van der Waals surface area contributed by atoms with Crippen molar-refractivity contribution in [1.29, 1.82) is 0 Å². The number of aldehydes is 1. The van der Waals surface area contributed by atoms with Crippen molar-refractivity contribution in [1.82, 2.24) is 0 Å². The zero-order valence-electron chi connectivity index (χ0n) is 11.4. The van der Waals surface area contributed by atoms with Crippen LogP contribution in [0.2, 0.25) is 0 Å². The molecule has 1 heterocycles. The Labute approximate surface area is 113 Å². The highest BCUT2D eigenvalue weighted by molar-refractivity contribution is 5.69. The van der Waals surface area contributed by atoms with Gasteiger partial charge in [0.1, 0.15) is 6.29 Å². The van der Waals surface area contributed by atoms with Crippen LogP contribution in [0.15, 0.2) is 0 Å². The van der Waals surface area contributed by atoms with Gasteiger partial charge in [-0.05, 0) is 12.8 Å². The normalized spacial score (nSPS) is 29.9. The van der Waals surface area contributed by atoms with E-state index >= 15 is 0 Å². The summed E-state index contributed by atoms with van der Waals surface area (Å²) in [5.41, 5.74) is 0. The Morgan fingerprint density at radius 2 is 1.95 bits per heavy atom. The van der Waals surface area contributed by atoms with Crippen molar-refractivity contribution >= 4 is 12.3 Å². The fourth-order valence-corrected chi connectivity index (χ4v) is 3.00. The molecule has 2 rings (SSSR count). The van der Waals surface area contributed by atoms with E-state index in [1.807, 2.05) is 0 Å². The largest absolute Gasteiger partial charge is 0.469 e. The van der Waals surface area contributed by atoms with E-state index in [4.69, 9.17) is 14.2 Å². The smallest absolute Gasteiger partial charge is 0.308 e. The van der Waals surface area contributed by atoms with Gasteiger partial charge in [0, 0.05) is 25.7 Å². The maximum absolute atomic E-state index is 11.4. The topological polar surface area (TPSA) is 61.8 Å². The first-order valence-electron chi connectivity index (χ1n) is 7.03. The summed E-state index contributed by atoms with van der Waals surface area (Å²) in [7, 11) is 1.38. The number of hydrogen-bond acceptors (Lipinski definition) is 5. The number of esters is 1. The van der Waals surface area contributed by atoms with Gasteiger partial charge in [-0.3, -0.25) is 4.79 Å². The van der Waals surface area contributed by atoms with Gasteiger partial charge in [0.25, 0.3) is 0 Å². The third-order valence-electron chi connectivity index (χ3n) is 3.89. The molecular weight excluding hydrogens is 248 g/mol. The van der Waals surface area contributed by atoms with Crippen molar-refractivity contribution in [2.45, 2.75) is 69.4 Å². The third-order valence-corrected chi connectivity index (χ3v) is 3.89. The van der Waals surface area contributed by atoms with Gasteiger partial charge in [-0.1, -0.05) is 6.42 Å². The van der Waals surface area contributed by atoms with Crippen molar-refractivity contribution in [2.24, 2.45) is 0 Å². The van der Waals surface area contributed by atoms with Crippen LogP contribution in [-0.2, 0) is 23.8 Å². The van der Waals surface area contributed by atoms with Crippen molar-refractivity contribution in [3.05, 3.63) is 0 Å². The highest BCUT2D eigenvalue weighted by Crippen LogP contribution is 2.40. The summed E-state index contributed by atoms with van der Waals surface area (Å²) in [6.45, 7) is 0. The molecule has 0 N–H and O–H groups in total. The predicted octanol–water partition coefficient (Wildman–Crippen LogP) is 1.97. The fraction of sp³-hybridized carbons (Fsp3) is 0.857. The van der Waals surface area contributed by atoms with E-state index in [0.29, 0.717) is 12.8 Å². The van der Waals surface area contributed by atoms with Crippen LogP contribution < -0.4 is 0 Å². The summed E-state index contributed by atoms with van der Waals surface area (Å²) in [6.07, 6.45) is 6.73. The number of methoxy groups -OCH3 is 1. The number of carbonyl (C=O) groups excluding carboxylic acids is 2. The monoisotopic (exact) mass is 270 g/mol. The molecule has 1 aliphatic heterocycles. The molecule has 0 aromatic carbocycles. The van der Waals surface area contributed by atoms with Crippen molar-refractivity contribution in [2.75, 3.05) is 7.11 Å². The first-order valence-corrected chi connectivity index (χ1v) is 7.03. The average Bonchev–Trinajstić information content (AvgIpc) is 2.39. The van der Waals surface area contributed by atoms with E-state index in [-0.39, 0.29) is 24.6 Å². The second kappa shape index (κ2) is 6.48. The molecule has 2 atom stereocenters. The number of ether oxygens (including phenoxy) is 3. The minimum absolute atomic E-state index is 0.140. The van der Waals surface area contributed by atoms with Crippen LogP contribution in [0.4, 0.5) is 0 Å². The highest BCUT2D eigenvalue weighted by atomic mass is 16.7. The van der Waals surface area contributed by atoms with Gasteiger partial charge in [0.05, 0.1) is 25.7 Å². The molecular formula is C14H22O5. The van der Waals surface area contributed by atoms with E-state index in [1.54, 1.807) is 0 Å². The first-order chi connectivity index (χ1) is 9.17. The van der Waals surface area contributed by atoms with Crippen molar-refractivity contribution in [3.63, 3.8) is 0 Å². The molecule has 0 amide bonds. The molecule has 1 saturated heterocycles. The summed E-state index contributed by atoms with van der Waals surface area (Å²) in [5, 5.41) is 0. The van der Waals surface area contributed by atoms with Gasteiger partial charge in [0.2, 0.25) is 0 Å². The number of carbonyl (C=O) groups is 2. The van der Waals surface area contributed by atoms with E-state index in [9.17, 15) is 9.59 Å². The van der Waals surface area contributed by atoms with Gasteiger partial charge < -0.3 is 19.0 Å². The molecule has 0 aromatic heterocycles. The van der Waals surface area contributed by atoms with Crippen LogP contribution in [-0.4, -0.2) is 37.4 Å². The van der Waals surface area contributed by atoms with E-state index in [0.717, 1.165) is 32.0 Å². The standard InChI is InChI=1S/C14H22O5/c1-17-13(16)10-12-9-11(5-8-15)18-14(19-12)6-3-2-4-7-14/h8,11-12H,2-7,9-10H2,1H3. The molecule has 1 saturated carbocycles. The van der Waals surface area contributed by atoms with Crippen LogP contribution in [0, 0.1) is 0 Å². The van der Waals surface area contributed by atoms with Gasteiger partial charge in [0.15, 0.2) is 5.79 Å². The lowest BCUT2D eigenvalue weighted by atomic mass is 9.91. The lowest BCUT2D eigenvalue weighted by Gasteiger charge is -2.46. The molecule has 0 radical (unpaired) electrons. The van der Waals surface area contributed by atoms with Crippen LogP contribution in [0.3, 0.4) is 0 Å². The SMILES string of the molecule is COC(=O)CC1CC(CC=O)OC2(CCCCC2)O1. The Balaban J connectivity index is 2.03. The Hall–Kier alpha value is -0.940. The maximum Gasteiger partial charge on any atom is 0.308 e. The Bertz CT molecular complexity index is 322. The van der Waals surface area contributed by atoms with Crippen molar-refractivity contribution in [3.8, 4) is 0 Å². The summed E-state index contributed by atoms with van der Waals surface area (Å²) in [4.78, 5) is 22.1. The molecule has 1 spiro atoms. The molecule has 2 fully saturated rings. The number of rotatable bonds is 4. The lowest BCUT2D eigenvalue weighted by molar-refractivity contribution is -0.327. The average molecular weight is 270 g/mol. The van der Waals surface area contributed by atoms with Crippen molar-refractivity contribution < 1.29 is 23.8 Å². The molecule has 19 heavy (non-hydrogen) atoms. The maximum atomic E-state index is 11.4. The van der Waals surface area contributed by atoms with Crippen LogP contribution in [0.5, 0.6) is 0 Å². The van der Waals surface area contributed by atoms with E-state index in [2.05, 4.69) is 0 Å². The van der Waals surface area contributed by atoms with Gasteiger partial charge >= 0.3 is 5.97 Å². The zero-order chi connectivity index (χ0) is 13.7. The second-order valence-corrected chi connectivity index (χ2v) is 5.37. The Morgan fingerprint density at radius 3 is 2.58 bits per heavy atom. The quantitative estimate of drug-likeness (QED) is 0.577. The minimum Gasteiger partial charge on any atom is -0.469 e. The first kappa shape index (κ1) is 14.5. The fourth-order valence-electron chi connectivity index (χ4n) is 3.00. The molecule has 0 aromatic rings. The van der Waals surface area contributed by atoms with Crippen LogP contribution >= 0.6 is 0 Å². The second-order valence-electron chi connectivity index (χ2n) is 5.37. The minimum atomic E-state index is -0.580. The van der Waals surface area contributed by atoms with Crippen LogP contribution in [0.1, 0.15) is 51.4 Å². The summed E-state index contributed by atoms with van der Waals surface area (Å²) < 4.78 is 16.7. The molecule has 1 aliphatic carbocycles. The molecule has 5 nitrogen and oxygen atoms in total. The molecule has 2 unspecified atom stereocenters.